The van der Waals surface area contributed by atoms with Crippen LogP contribution in [0.2, 0.25) is 0 Å². The van der Waals surface area contributed by atoms with E-state index in [0.29, 0.717) is 11.5 Å². The molecule has 1 fully saturated rings. The van der Waals surface area contributed by atoms with Crippen LogP contribution in [0.25, 0.3) is 0 Å². The van der Waals surface area contributed by atoms with E-state index < -0.39 is 9.84 Å². The van der Waals surface area contributed by atoms with Crippen LogP contribution in [0.5, 0.6) is 0 Å². The SMILES string of the molecule is CCS(=O)(=O)c1cccc(C(=O)N(C)[C@@H]2C[C@@H]2c2ccccc2)c1. The minimum Gasteiger partial charge on any atom is -0.338 e. The number of carbonyl (C=O) groups excluding carboxylic acids is 1. The van der Waals surface area contributed by atoms with Crippen LogP contribution < -0.4 is 0 Å². The van der Waals surface area contributed by atoms with Gasteiger partial charge in [0.2, 0.25) is 0 Å². The lowest BCUT2D eigenvalue weighted by Crippen LogP contribution is -2.29. The normalized spacial score (nSPS) is 19.8. The van der Waals surface area contributed by atoms with Crippen molar-refractivity contribution in [1.82, 2.24) is 4.90 Å². The second kappa shape index (κ2) is 6.40. The van der Waals surface area contributed by atoms with Gasteiger partial charge in [-0.05, 0) is 30.2 Å². The predicted molar refractivity (Wildman–Crippen MR) is 93.9 cm³/mol. The van der Waals surface area contributed by atoms with E-state index in [-0.39, 0.29) is 22.6 Å². The molecule has 126 valence electrons. The predicted octanol–water partition coefficient (Wildman–Crippen LogP) is 3.11. The summed E-state index contributed by atoms with van der Waals surface area (Å²) in [5.74, 6) is 0.258. The number of carbonyl (C=O) groups is 1. The highest BCUT2D eigenvalue weighted by molar-refractivity contribution is 7.91. The lowest BCUT2D eigenvalue weighted by molar-refractivity contribution is 0.0782. The lowest BCUT2D eigenvalue weighted by atomic mass is 10.1. The number of hydrogen-bond acceptors (Lipinski definition) is 3. The van der Waals surface area contributed by atoms with Crippen LogP contribution in [-0.4, -0.2) is 38.1 Å². The molecule has 2 atom stereocenters. The molecule has 0 spiro atoms. The molecule has 0 N–H and O–H groups in total. The van der Waals surface area contributed by atoms with Gasteiger partial charge >= 0.3 is 0 Å². The largest absolute Gasteiger partial charge is 0.338 e. The summed E-state index contributed by atoms with van der Waals surface area (Å²) < 4.78 is 24.0. The Hall–Kier alpha value is -2.14. The zero-order chi connectivity index (χ0) is 17.3. The van der Waals surface area contributed by atoms with E-state index in [4.69, 9.17) is 0 Å². The first-order chi connectivity index (χ1) is 11.4. The van der Waals surface area contributed by atoms with Crippen molar-refractivity contribution in [3.8, 4) is 0 Å². The molecule has 24 heavy (non-hydrogen) atoms. The standard InChI is InChI=1S/C19H21NO3S/c1-3-24(22,23)16-11-7-10-15(12-16)19(21)20(2)18-13-17(18)14-8-5-4-6-9-14/h4-12,17-18H,3,13H2,1-2H3/t17-,18-/m1/s1. The van der Waals surface area contributed by atoms with Gasteiger partial charge in [0, 0.05) is 24.6 Å². The van der Waals surface area contributed by atoms with Gasteiger partial charge < -0.3 is 4.90 Å². The van der Waals surface area contributed by atoms with Gasteiger partial charge in [0.05, 0.1) is 10.6 Å². The van der Waals surface area contributed by atoms with Gasteiger partial charge in [-0.3, -0.25) is 4.79 Å². The number of benzene rings is 2. The van der Waals surface area contributed by atoms with Crippen molar-refractivity contribution in [2.75, 3.05) is 12.8 Å². The van der Waals surface area contributed by atoms with Gasteiger partial charge in [-0.15, -0.1) is 0 Å². The number of amides is 1. The van der Waals surface area contributed by atoms with Crippen LogP contribution in [0.4, 0.5) is 0 Å². The minimum absolute atomic E-state index is 0.0270. The van der Waals surface area contributed by atoms with Crippen LogP contribution in [0, 0.1) is 0 Å². The molecule has 0 unspecified atom stereocenters. The molecular formula is C19H21NO3S. The maximum atomic E-state index is 12.7. The van der Waals surface area contributed by atoms with Crippen molar-refractivity contribution < 1.29 is 13.2 Å². The molecule has 1 amide bonds. The molecule has 5 heteroatoms. The molecular weight excluding hydrogens is 322 g/mol. The van der Waals surface area contributed by atoms with Crippen LogP contribution >= 0.6 is 0 Å². The quantitative estimate of drug-likeness (QED) is 0.838. The van der Waals surface area contributed by atoms with E-state index in [1.54, 1.807) is 37.1 Å². The third-order valence-electron chi connectivity index (χ3n) is 4.62. The highest BCUT2D eigenvalue weighted by atomic mass is 32.2. The Labute approximate surface area is 143 Å². The van der Waals surface area contributed by atoms with E-state index in [9.17, 15) is 13.2 Å². The number of likely N-dealkylation sites (N-methyl/N-ethyl adjacent to an activating group) is 1. The van der Waals surface area contributed by atoms with E-state index >= 15 is 0 Å². The number of rotatable bonds is 5. The maximum absolute atomic E-state index is 12.7. The maximum Gasteiger partial charge on any atom is 0.253 e. The van der Waals surface area contributed by atoms with Crippen LogP contribution in [-0.2, 0) is 9.84 Å². The molecule has 4 nitrogen and oxygen atoms in total. The molecule has 1 aliphatic carbocycles. The number of sulfone groups is 1. The third kappa shape index (κ3) is 3.22. The first-order valence-corrected chi connectivity index (χ1v) is 9.74. The summed E-state index contributed by atoms with van der Waals surface area (Å²) in [7, 11) is -1.52. The molecule has 0 radical (unpaired) electrons. The molecule has 1 aliphatic rings. The highest BCUT2D eigenvalue weighted by Crippen LogP contribution is 2.44. The van der Waals surface area contributed by atoms with E-state index in [2.05, 4.69) is 12.1 Å². The molecule has 2 aromatic rings. The molecule has 0 saturated heterocycles. The second-order valence-electron chi connectivity index (χ2n) is 6.17. The van der Waals surface area contributed by atoms with E-state index in [0.717, 1.165) is 6.42 Å². The average molecular weight is 343 g/mol. The average Bonchev–Trinajstić information content (AvgIpc) is 3.42. The minimum atomic E-state index is -3.31. The zero-order valence-corrected chi connectivity index (χ0v) is 14.7. The van der Waals surface area contributed by atoms with Gasteiger partial charge in [0.15, 0.2) is 9.84 Å². The Morgan fingerprint density at radius 2 is 1.83 bits per heavy atom. The molecule has 3 rings (SSSR count). The van der Waals surface area contributed by atoms with Crippen molar-refractivity contribution in [2.24, 2.45) is 0 Å². The highest BCUT2D eigenvalue weighted by Gasteiger charge is 2.43. The summed E-state index contributed by atoms with van der Waals surface area (Å²) >= 11 is 0. The fraction of sp³-hybridized carbons (Fsp3) is 0.316. The monoisotopic (exact) mass is 343 g/mol. The smallest absolute Gasteiger partial charge is 0.253 e. The van der Waals surface area contributed by atoms with Crippen molar-refractivity contribution in [3.05, 3.63) is 65.7 Å². The first-order valence-electron chi connectivity index (χ1n) is 8.09. The van der Waals surface area contributed by atoms with Crippen LogP contribution in [0.15, 0.2) is 59.5 Å². The van der Waals surface area contributed by atoms with Crippen molar-refractivity contribution in [1.29, 1.82) is 0 Å². The Morgan fingerprint density at radius 1 is 1.12 bits per heavy atom. The first kappa shape index (κ1) is 16.7. The molecule has 0 aromatic heterocycles. The van der Waals surface area contributed by atoms with Gasteiger partial charge in [-0.25, -0.2) is 8.42 Å². The topological polar surface area (TPSA) is 54.5 Å². The summed E-state index contributed by atoms with van der Waals surface area (Å²) in [6.45, 7) is 1.60. The molecule has 1 saturated carbocycles. The molecule has 0 bridgehead atoms. The van der Waals surface area contributed by atoms with Crippen LogP contribution in [0.1, 0.15) is 35.2 Å². The van der Waals surface area contributed by atoms with Crippen molar-refractivity contribution in [2.45, 2.75) is 30.2 Å². The Bertz CT molecular complexity index is 846. The Morgan fingerprint density at radius 3 is 2.50 bits per heavy atom. The summed E-state index contributed by atoms with van der Waals surface area (Å²) in [6.07, 6.45) is 0.944. The third-order valence-corrected chi connectivity index (χ3v) is 6.35. The summed E-state index contributed by atoms with van der Waals surface area (Å²) in [6, 6.07) is 16.7. The van der Waals surface area contributed by atoms with Crippen LogP contribution in [0.3, 0.4) is 0 Å². The van der Waals surface area contributed by atoms with Crippen molar-refractivity contribution in [3.63, 3.8) is 0 Å². The fourth-order valence-corrected chi connectivity index (χ4v) is 3.94. The second-order valence-corrected chi connectivity index (χ2v) is 8.45. The number of nitrogens with zero attached hydrogens (tertiary/aromatic N) is 1. The molecule has 0 aliphatic heterocycles. The fourth-order valence-electron chi connectivity index (χ4n) is 3.01. The van der Waals surface area contributed by atoms with Gasteiger partial charge in [0.25, 0.3) is 5.91 Å². The molecule has 2 aromatic carbocycles. The Kier molecular flexibility index (Phi) is 4.45. The van der Waals surface area contributed by atoms with E-state index in [1.165, 1.54) is 11.6 Å². The Balaban J connectivity index is 1.77. The summed E-state index contributed by atoms with van der Waals surface area (Å²) in [4.78, 5) is 14.6. The molecule has 0 heterocycles. The summed E-state index contributed by atoms with van der Waals surface area (Å²) in [5, 5.41) is 0. The van der Waals surface area contributed by atoms with Gasteiger partial charge in [-0.1, -0.05) is 43.3 Å². The lowest BCUT2D eigenvalue weighted by Gasteiger charge is -2.18. The van der Waals surface area contributed by atoms with E-state index in [1.807, 2.05) is 18.2 Å². The number of hydrogen-bond donors (Lipinski definition) is 0. The van der Waals surface area contributed by atoms with Gasteiger partial charge in [-0.2, -0.15) is 0 Å². The zero-order valence-electron chi connectivity index (χ0n) is 13.8. The van der Waals surface area contributed by atoms with Crippen molar-refractivity contribution >= 4 is 15.7 Å². The summed E-state index contributed by atoms with van der Waals surface area (Å²) in [5.41, 5.74) is 1.66. The van der Waals surface area contributed by atoms with Gasteiger partial charge in [0.1, 0.15) is 0 Å².